The lowest BCUT2D eigenvalue weighted by Crippen LogP contribution is -2.29. The molecule has 1 unspecified atom stereocenters. The van der Waals surface area contributed by atoms with E-state index in [1.54, 1.807) is 0 Å². The normalized spacial score (nSPS) is 25.3. The van der Waals surface area contributed by atoms with E-state index in [2.05, 4.69) is 6.92 Å². The number of fused-ring (bicyclic) bond motifs is 1. The molecule has 0 spiro atoms. The van der Waals surface area contributed by atoms with Gasteiger partial charge < -0.3 is 10.0 Å². The molecule has 1 N–H and O–H groups in total. The van der Waals surface area contributed by atoms with Crippen LogP contribution in [0.15, 0.2) is 11.3 Å². The second kappa shape index (κ2) is 4.25. The topological polar surface area (TPSA) is 40.5 Å². The smallest absolute Gasteiger partial charge is 0.289 e. The van der Waals surface area contributed by atoms with Crippen LogP contribution in [0, 0.1) is 0 Å². The van der Waals surface area contributed by atoms with Crippen LogP contribution in [-0.4, -0.2) is 28.5 Å². The molecule has 0 bridgehead atoms. The van der Waals surface area contributed by atoms with Gasteiger partial charge in [0.25, 0.3) is 5.91 Å². The highest BCUT2D eigenvalue weighted by Gasteiger charge is 2.41. The molecule has 0 aliphatic carbocycles. The van der Waals surface area contributed by atoms with E-state index in [4.69, 9.17) is 0 Å². The highest BCUT2D eigenvalue weighted by Crippen LogP contribution is 2.35. The number of hydrogen-bond donors (Lipinski definition) is 1. The third-order valence-corrected chi connectivity index (χ3v) is 3.47. The van der Waals surface area contributed by atoms with Crippen LogP contribution in [0.1, 0.15) is 45.4 Å². The first-order valence-electron chi connectivity index (χ1n) is 5.98. The zero-order valence-electron chi connectivity index (χ0n) is 9.33. The third-order valence-electron chi connectivity index (χ3n) is 3.47. The molecule has 3 heteroatoms. The van der Waals surface area contributed by atoms with Gasteiger partial charge in [-0.05, 0) is 31.3 Å². The van der Waals surface area contributed by atoms with Crippen molar-refractivity contribution in [1.29, 1.82) is 0 Å². The van der Waals surface area contributed by atoms with Crippen molar-refractivity contribution < 1.29 is 9.90 Å². The number of hydrogen-bond acceptors (Lipinski definition) is 2. The van der Waals surface area contributed by atoms with E-state index in [-0.39, 0.29) is 17.7 Å². The first-order valence-corrected chi connectivity index (χ1v) is 5.98. The molecule has 0 aromatic rings. The Morgan fingerprint density at radius 2 is 2.27 bits per heavy atom. The van der Waals surface area contributed by atoms with Gasteiger partial charge >= 0.3 is 0 Å². The average molecular weight is 209 g/mol. The maximum absolute atomic E-state index is 11.6. The van der Waals surface area contributed by atoms with Crippen LogP contribution in [0.2, 0.25) is 0 Å². The number of carbonyl (C=O) groups excluding carboxylic acids is 1. The zero-order chi connectivity index (χ0) is 10.8. The molecule has 3 nitrogen and oxygen atoms in total. The molecule has 2 aliphatic rings. The van der Waals surface area contributed by atoms with Crippen molar-refractivity contribution in [3.05, 3.63) is 11.3 Å². The molecule has 1 saturated heterocycles. The van der Waals surface area contributed by atoms with Gasteiger partial charge in [0.2, 0.25) is 0 Å². The summed E-state index contributed by atoms with van der Waals surface area (Å²) in [5.74, 6) is -0.0835. The van der Waals surface area contributed by atoms with Gasteiger partial charge in [0, 0.05) is 6.54 Å². The molecule has 0 aromatic heterocycles. The predicted molar refractivity (Wildman–Crippen MR) is 58.5 cm³/mol. The second-order valence-corrected chi connectivity index (χ2v) is 4.49. The minimum Gasteiger partial charge on any atom is -0.503 e. The van der Waals surface area contributed by atoms with Crippen LogP contribution in [0.3, 0.4) is 0 Å². The summed E-state index contributed by atoms with van der Waals surface area (Å²) < 4.78 is 0. The van der Waals surface area contributed by atoms with Gasteiger partial charge in [-0.2, -0.15) is 0 Å². The average Bonchev–Trinajstić information content (AvgIpc) is 2.77. The summed E-state index contributed by atoms with van der Waals surface area (Å²) >= 11 is 0. The van der Waals surface area contributed by atoms with Crippen molar-refractivity contribution in [3.8, 4) is 0 Å². The summed E-state index contributed by atoms with van der Waals surface area (Å²) in [4.78, 5) is 13.5. The van der Waals surface area contributed by atoms with Crippen LogP contribution in [-0.2, 0) is 4.79 Å². The Labute approximate surface area is 90.8 Å². The van der Waals surface area contributed by atoms with Crippen molar-refractivity contribution in [1.82, 2.24) is 4.90 Å². The molecule has 2 heterocycles. The highest BCUT2D eigenvalue weighted by molar-refractivity contribution is 5.95. The standard InChI is InChI=1S/C12H19NO2/c1-2-3-4-6-9-10-7-5-8-13(10)12(15)11(9)14/h10,14H,2-8H2,1H3. The van der Waals surface area contributed by atoms with E-state index >= 15 is 0 Å². The number of amides is 1. The Hall–Kier alpha value is -0.990. The highest BCUT2D eigenvalue weighted by atomic mass is 16.3. The first-order chi connectivity index (χ1) is 7.25. The molecular weight excluding hydrogens is 190 g/mol. The van der Waals surface area contributed by atoms with Gasteiger partial charge in [0.05, 0.1) is 6.04 Å². The molecule has 1 amide bonds. The quantitative estimate of drug-likeness (QED) is 0.722. The summed E-state index contributed by atoms with van der Waals surface area (Å²) in [6.07, 6.45) is 6.46. The fourth-order valence-corrected chi connectivity index (χ4v) is 2.65. The molecule has 1 fully saturated rings. The SMILES string of the molecule is CCCCCC1=C(O)C(=O)N2CCCC12. The first kappa shape index (κ1) is 10.5. The van der Waals surface area contributed by atoms with Gasteiger partial charge in [-0.15, -0.1) is 0 Å². The lowest BCUT2D eigenvalue weighted by molar-refractivity contribution is -0.128. The number of unbranched alkanes of at least 4 members (excludes halogenated alkanes) is 2. The molecule has 0 aromatic carbocycles. The second-order valence-electron chi connectivity index (χ2n) is 4.49. The third kappa shape index (κ3) is 1.75. The minimum atomic E-state index is -0.135. The lowest BCUT2D eigenvalue weighted by atomic mass is 10.00. The van der Waals surface area contributed by atoms with Crippen LogP contribution < -0.4 is 0 Å². The molecule has 1 atom stereocenters. The van der Waals surface area contributed by atoms with Crippen LogP contribution in [0.25, 0.3) is 0 Å². The zero-order valence-corrected chi connectivity index (χ0v) is 9.33. The van der Waals surface area contributed by atoms with E-state index in [1.807, 2.05) is 4.90 Å². The van der Waals surface area contributed by atoms with Gasteiger partial charge in [-0.3, -0.25) is 4.79 Å². The fraction of sp³-hybridized carbons (Fsp3) is 0.750. The van der Waals surface area contributed by atoms with E-state index < -0.39 is 0 Å². The van der Waals surface area contributed by atoms with E-state index in [0.717, 1.165) is 37.8 Å². The monoisotopic (exact) mass is 209 g/mol. The lowest BCUT2D eigenvalue weighted by Gasteiger charge is -2.17. The van der Waals surface area contributed by atoms with Gasteiger partial charge in [-0.1, -0.05) is 19.8 Å². The maximum Gasteiger partial charge on any atom is 0.289 e. The molecule has 15 heavy (non-hydrogen) atoms. The Kier molecular flexibility index (Phi) is 2.98. The molecule has 0 radical (unpaired) electrons. The van der Waals surface area contributed by atoms with Crippen molar-refractivity contribution >= 4 is 5.91 Å². The van der Waals surface area contributed by atoms with Gasteiger partial charge in [0.1, 0.15) is 0 Å². The molecular formula is C12H19NO2. The van der Waals surface area contributed by atoms with E-state index in [0.29, 0.717) is 0 Å². The van der Waals surface area contributed by atoms with Crippen LogP contribution >= 0.6 is 0 Å². The van der Waals surface area contributed by atoms with Crippen LogP contribution in [0.4, 0.5) is 0 Å². The molecule has 0 saturated carbocycles. The van der Waals surface area contributed by atoms with E-state index in [1.165, 1.54) is 12.8 Å². The van der Waals surface area contributed by atoms with Gasteiger partial charge in [-0.25, -0.2) is 0 Å². The maximum atomic E-state index is 11.6. The summed E-state index contributed by atoms with van der Waals surface area (Å²) in [5, 5.41) is 9.75. The van der Waals surface area contributed by atoms with E-state index in [9.17, 15) is 9.90 Å². The number of nitrogens with zero attached hydrogens (tertiary/aromatic N) is 1. The predicted octanol–water partition coefficient (Wildman–Crippen LogP) is 2.38. The summed E-state index contributed by atoms with van der Waals surface area (Å²) in [7, 11) is 0. The molecule has 84 valence electrons. The van der Waals surface area contributed by atoms with Crippen molar-refractivity contribution in [2.24, 2.45) is 0 Å². The Balaban J connectivity index is 2.04. The number of carbonyl (C=O) groups is 1. The Morgan fingerprint density at radius 1 is 1.47 bits per heavy atom. The van der Waals surface area contributed by atoms with Gasteiger partial charge in [0.15, 0.2) is 5.76 Å². The molecule has 2 rings (SSSR count). The Morgan fingerprint density at radius 3 is 3.00 bits per heavy atom. The largest absolute Gasteiger partial charge is 0.503 e. The van der Waals surface area contributed by atoms with Crippen molar-refractivity contribution in [2.75, 3.05) is 6.54 Å². The summed E-state index contributed by atoms with van der Waals surface area (Å²) in [5.41, 5.74) is 1.01. The van der Waals surface area contributed by atoms with Crippen LogP contribution in [0.5, 0.6) is 0 Å². The minimum absolute atomic E-state index is 0.0517. The number of aliphatic hydroxyl groups excluding tert-OH is 1. The number of rotatable bonds is 4. The summed E-state index contributed by atoms with van der Waals surface area (Å²) in [6, 6.07) is 0.231. The van der Waals surface area contributed by atoms with Crippen molar-refractivity contribution in [3.63, 3.8) is 0 Å². The molecule has 2 aliphatic heterocycles. The fourth-order valence-electron chi connectivity index (χ4n) is 2.65. The number of aliphatic hydroxyl groups is 1. The summed E-state index contributed by atoms with van der Waals surface area (Å²) in [6.45, 7) is 2.99. The Bertz CT molecular complexity index is 296. The van der Waals surface area contributed by atoms with Crippen molar-refractivity contribution in [2.45, 2.75) is 51.5 Å².